The summed E-state index contributed by atoms with van der Waals surface area (Å²) in [6, 6.07) is 4.04. The third-order valence-corrected chi connectivity index (χ3v) is 6.33. The second kappa shape index (κ2) is 11.3. The first-order valence-corrected chi connectivity index (χ1v) is 11.7. The predicted octanol–water partition coefficient (Wildman–Crippen LogP) is 3.70. The van der Waals surface area contributed by atoms with Crippen molar-refractivity contribution in [3.05, 3.63) is 40.1 Å². The second-order valence-corrected chi connectivity index (χ2v) is 8.69. The van der Waals surface area contributed by atoms with Gasteiger partial charge in [0, 0.05) is 26.8 Å². The molecule has 2 heterocycles. The summed E-state index contributed by atoms with van der Waals surface area (Å²) in [5, 5.41) is 3.24. The Kier molecular flexibility index (Phi) is 8.70. The molecule has 0 radical (unpaired) electrons. The summed E-state index contributed by atoms with van der Waals surface area (Å²) in [6.45, 7) is 9.68. The van der Waals surface area contributed by atoms with Crippen molar-refractivity contribution in [1.29, 1.82) is 0 Å². The van der Waals surface area contributed by atoms with E-state index in [9.17, 15) is 9.59 Å². The number of rotatable bonds is 9. The lowest BCUT2D eigenvalue weighted by Crippen LogP contribution is -2.55. The number of carbonyl (C=O) groups is 2. The number of amides is 1. The lowest BCUT2D eigenvalue weighted by Gasteiger charge is -2.43. The molecule has 0 saturated carbocycles. The van der Waals surface area contributed by atoms with E-state index in [2.05, 4.69) is 0 Å². The topological polar surface area (TPSA) is 86.8 Å². The predicted molar refractivity (Wildman–Crippen MR) is 126 cm³/mol. The van der Waals surface area contributed by atoms with Crippen molar-refractivity contribution in [1.82, 2.24) is 10.1 Å². The zero-order valence-electron chi connectivity index (χ0n) is 21.1. The summed E-state index contributed by atoms with van der Waals surface area (Å²) in [7, 11) is 3.24. The molecular formula is C25H36N2O7. The first kappa shape index (κ1) is 26.2. The van der Waals surface area contributed by atoms with Gasteiger partial charge < -0.3 is 19.0 Å². The molecule has 2 aliphatic heterocycles. The van der Waals surface area contributed by atoms with Gasteiger partial charge >= 0.3 is 6.16 Å². The fourth-order valence-corrected chi connectivity index (χ4v) is 4.90. The maximum absolute atomic E-state index is 14.0. The maximum Gasteiger partial charge on any atom is 0.513 e. The fraction of sp³-hybridized carbons (Fsp3) is 0.600. The number of hydrogen-bond acceptors (Lipinski definition) is 8. The van der Waals surface area contributed by atoms with E-state index in [1.165, 1.54) is 5.06 Å². The third kappa shape index (κ3) is 5.12. The Hall–Kier alpha value is -2.46. The lowest BCUT2D eigenvalue weighted by atomic mass is 9.84. The lowest BCUT2D eigenvalue weighted by molar-refractivity contribution is -0.233. The van der Waals surface area contributed by atoms with Crippen LogP contribution in [0.2, 0.25) is 0 Å². The van der Waals surface area contributed by atoms with E-state index in [0.717, 1.165) is 22.3 Å². The molecule has 3 rings (SSSR count). The van der Waals surface area contributed by atoms with Crippen LogP contribution in [-0.2, 0) is 28.7 Å². The summed E-state index contributed by atoms with van der Waals surface area (Å²) in [4.78, 5) is 38.0. The first-order valence-electron chi connectivity index (χ1n) is 11.7. The molecule has 0 aliphatic carbocycles. The van der Waals surface area contributed by atoms with Crippen molar-refractivity contribution in [3.8, 4) is 0 Å². The molecule has 1 saturated heterocycles. The monoisotopic (exact) mass is 476 g/mol. The minimum atomic E-state index is -0.953. The molecule has 1 amide bonds. The van der Waals surface area contributed by atoms with E-state index < -0.39 is 11.7 Å². The third-order valence-electron chi connectivity index (χ3n) is 6.33. The quantitative estimate of drug-likeness (QED) is 0.394. The number of nitrogens with zero attached hydrogens (tertiary/aromatic N) is 2. The highest BCUT2D eigenvalue weighted by Crippen LogP contribution is 2.48. The molecule has 0 atom stereocenters. The number of hydrogen-bond donors (Lipinski definition) is 0. The number of hydroxylamine groups is 4. The van der Waals surface area contributed by atoms with Crippen molar-refractivity contribution in [2.45, 2.75) is 52.5 Å². The highest BCUT2D eigenvalue weighted by atomic mass is 16.7. The molecule has 0 bridgehead atoms. The standard InChI is InChI=1S/C25H36N2O7/c1-7-32-24(29)34-22-21(20-18(3)15-17(2)16-19(20)4)23(28)27(33-14-8-13-30-5)25(22)9-11-26(31-6)12-10-25/h15-16H,7-14H2,1-6H3. The summed E-state index contributed by atoms with van der Waals surface area (Å²) in [6.07, 6.45) is 0.727. The molecule has 188 valence electrons. The largest absolute Gasteiger partial charge is 0.513 e. The van der Waals surface area contributed by atoms with Crippen molar-refractivity contribution < 1.29 is 33.5 Å². The van der Waals surface area contributed by atoms with Crippen molar-refractivity contribution in [2.75, 3.05) is 47.1 Å². The number of benzene rings is 1. The Morgan fingerprint density at radius 3 is 2.26 bits per heavy atom. The minimum Gasteiger partial charge on any atom is -0.434 e. The van der Waals surface area contributed by atoms with Crippen LogP contribution >= 0.6 is 0 Å². The fourth-order valence-electron chi connectivity index (χ4n) is 4.90. The van der Waals surface area contributed by atoms with E-state index in [1.807, 2.05) is 38.0 Å². The van der Waals surface area contributed by atoms with Gasteiger partial charge in [-0.2, -0.15) is 5.06 Å². The van der Waals surface area contributed by atoms with Gasteiger partial charge in [0.2, 0.25) is 0 Å². The maximum atomic E-state index is 14.0. The van der Waals surface area contributed by atoms with E-state index >= 15 is 0 Å². The zero-order chi connectivity index (χ0) is 24.9. The van der Waals surface area contributed by atoms with Gasteiger partial charge in [-0.1, -0.05) is 17.7 Å². The van der Waals surface area contributed by atoms with Crippen LogP contribution in [0.5, 0.6) is 0 Å². The van der Waals surface area contributed by atoms with Crippen LogP contribution in [0.1, 0.15) is 48.4 Å². The Balaban J connectivity index is 2.15. The van der Waals surface area contributed by atoms with Gasteiger partial charge in [-0.3, -0.25) is 9.63 Å². The van der Waals surface area contributed by atoms with Gasteiger partial charge in [-0.05, 0) is 63.6 Å². The zero-order valence-corrected chi connectivity index (χ0v) is 21.1. The van der Waals surface area contributed by atoms with Gasteiger partial charge in [0.15, 0.2) is 5.76 Å². The molecule has 9 heteroatoms. The van der Waals surface area contributed by atoms with Crippen LogP contribution in [-0.4, -0.2) is 74.9 Å². The van der Waals surface area contributed by atoms with Crippen LogP contribution in [0.4, 0.5) is 4.79 Å². The molecular weight excluding hydrogens is 440 g/mol. The average molecular weight is 477 g/mol. The number of methoxy groups -OCH3 is 1. The molecule has 1 aromatic carbocycles. The molecule has 1 fully saturated rings. The normalized spacial score (nSPS) is 18.2. The van der Waals surface area contributed by atoms with Crippen LogP contribution < -0.4 is 0 Å². The molecule has 1 aromatic rings. The molecule has 2 aliphatic rings. The molecule has 0 aromatic heterocycles. The highest BCUT2D eigenvalue weighted by Gasteiger charge is 2.57. The van der Waals surface area contributed by atoms with E-state index in [-0.39, 0.29) is 18.3 Å². The van der Waals surface area contributed by atoms with Gasteiger partial charge in [0.05, 0.1) is 25.9 Å². The number of aryl methyl sites for hydroxylation is 3. The molecule has 0 N–H and O–H groups in total. The highest BCUT2D eigenvalue weighted by molar-refractivity contribution is 6.23. The number of piperidine rings is 1. The van der Waals surface area contributed by atoms with Crippen molar-refractivity contribution >= 4 is 17.6 Å². The van der Waals surface area contributed by atoms with E-state index in [4.69, 9.17) is 23.9 Å². The van der Waals surface area contributed by atoms with Crippen LogP contribution in [0.25, 0.3) is 5.57 Å². The number of ether oxygens (including phenoxy) is 3. The van der Waals surface area contributed by atoms with Crippen molar-refractivity contribution in [2.24, 2.45) is 0 Å². The molecule has 0 unspecified atom stereocenters. The summed E-state index contributed by atoms with van der Waals surface area (Å²) >= 11 is 0. The first-order chi connectivity index (χ1) is 16.3. The van der Waals surface area contributed by atoms with Gasteiger partial charge in [-0.15, -0.1) is 0 Å². The Morgan fingerprint density at radius 1 is 1.06 bits per heavy atom. The average Bonchev–Trinajstić information content (AvgIpc) is 2.99. The molecule has 1 spiro atoms. The summed E-state index contributed by atoms with van der Waals surface area (Å²) in [5.41, 5.74) is 3.10. The Morgan fingerprint density at radius 2 is 1.71 bits per heavy atom. The van der Waals surface area contributed by atoms with E-state index in [0.29, 0.717) is 51.1 Å². The molecule has 9 nitrogen and oxygen atoms in total. The van der Waals surface area contributed by atoms with E-state index in [1.54, 1.807) is 21.1 Å². The summed E-state index contributed by atoms with van der Waals surface area (Å²) < 4.78 is 16.1. The Labute approximate surface area is 201 Å². The van der Waals surface area contributed by atoms with Gasteiger partial charge in [-0.25, -0.2) is 9.86 Å². The van der Waals surface area contributed by atoms with Crippen molar-refractivity contribution in [3.63, 3.8) is 0 Å². The van der Waals surface area contributed by atoms with Crippen LogP contribution in [0.15, 0.2) is 17.9 Å². The number of carbonyl (C=O) groups excluding carboxylic acids is 2. The van der Waals surface area contributed by atoms with Gasteiger partial charge in [0.1, 0.15) is 5.54 Å². The summed E-state index contributed by atoms with van der Waals surface area (Å²) in [5.74, 6) is -0.0360. The Bertz CT molecular complexity index is 912. The van der Waals surface area contributed by atoms with Crippen LogP contribution in [0, 0.1) is 20.8 Å². The minimum absolute atomic E-state index is 0.166. The smallest absolute Gasteiger partial charge is 0.434 e. The van der Waals surface area contributed by atoms with Crippen LogP contribution in [0.3, 0.4) is 0 Å². The SMILES string of the molecule is CCOC(=O)OC1=C(c2c(C)cc(C)cc2C)C(=O)N(OCCCOC)C12CCN(OC)CC2. The van der Waals surface area contributed by atoms with Gasteiger partial charge in [0.25, 0.3) is 5.91 Å². The molecule has 34 heavy (non-hydrogen) atoms. The second-order valence-electron chi connectivity index (χ2n) is 8.69.